The van der Waals surface area contributed by atoms with E-state index in [9.17, 15) is 9.59 Å². The van der Waals surface area contributed by atoms with Gasteiger partial charge in [0.15, 0.2) is 0 Å². The van der Waals surface area contributed by atoms with E-state index in [-0.39, 0.29) is 11.8 Å². The average Bonchev–Trinajstić information content (AvgIpc) is 3.36. The van der Waals surface area contributed by atoms with Crippen molar-refractivity contribution in [1.29, 1.82) is 0 Å². The molecule has 0 saturated carbocycles. The zero-order chi connectivity index (χ0) is 21.2. The second-order valence-corrected chi connectivity index (χ2v) is 9.13. The van der Waals surface area contributed by atoms with Crippen LogP contribution >= 0.6 is 31.9 Å². The van der Waals surface area contributed by atoms with Gasteiger partial charge in [-0.1, -0.05) is 44.0 Å². The molecule has 7 heteroatoms. The van der Waals surface area contributed by atoms with Crippen LogP contribution in [0.5, 0.6) is 0 Å². The molecule has 0 saturated heterocycles. The zero-order valence-corrected chi connectivity index (χ0v) is 19.5. The number of carbonyl (C=O) groups is 2. The van der Waals surface area contributed by atoms with Crippen LogP contribution in [0, 0.1) is 0 Å². The van der Waals surface area contributed by atoms with Crippen molar-refractivity contribution < 1.29 is 9.59 Å². The van der Waals surface area contributed by atoms with Gasteiger partial charge >= 0.3 is 0 Å². The second kappa shape index (κ2) is 6.96. The van der Waals surface area contributed by atoms with Gasteiger partial charge < -0.3 is 9.55 Å². The van der Waals surface area contributed by atoms with Crippen LogP contribution in [-0.2, 0) is 16.1 Å². The topological polar surface area (TPSA) is 58.1 Å². The van der Waals surface area contributed by atoms with E-state index >= 15 is 0 Å². The Balaban J connectivity index is 1.86. The number of aromatic amines is 1. The number of aryl methyl sites for hydroxylation is 1. The number of likely N-dealkylation sites (N-methyl/N-ethyl adjacent to an activating group) is 1. The summed E-state index contributed by atoms with van der Waals surface area (Å²) in [7, 11) is 1.54. The van der Waals surface area contributed by atoms with Gasteiger partial charge in [-0.15, -0.1) is 0 Å². The number of aromatic nitrogens is 2. The standard InChI is InChI=1S/C23H17Br2N3O2/c1-3-28-11-17(15-7-5-13(25)9-19(15)28)21-20(22(29)27(2)23(21)30)16-10-26-18-8-12(24)4-6-14(16)18/h4-11,26H,3H2,1-2H3. The van der Waals surface area contributed by atoms with Gasteiger partial charge in [-0.25, -0.2) is 0 Å². The highest BCUT2D eigenvalue weighted by atomic mass is 79.9. The van der Waals surface area contributed by atoms with Crippen LogP contribution in [0.1, 0.15) is 18.1 Å². The molecule has 3 heterocycles. The van der Waals surface area contributed by atoms with E-state index in [1.165, 1.54) is 4.90 Å². The molecule has 2 aromatic heterocycles. The summed E-state index contributed by atoms with van der Waals surface area (Å²) in [5.74, 6) is -0.562. The van der Waals surface area contributed by atoms with E-state index in [0.717, 1.165) is 48.4 Å². The monoisotopic (exact) mass is 525 g/mol. The Morgan fingerprint density at radius 3 is 2.23 bits per heavy atom. The van der Waals surface area contributed by atoms with Crippen molar-refractivity contribution in [2.24, 2.45) is 0 Å². The minimum Gasteiger partial charge on any atom is -0.361 e. The highest BCUT2D eigenvalue weighted by Gasteiger charge is 2.39. The molecular formula is C23H17Br2N3O2. The average molecular weight is 527 g/mol. The van der Waals surface area contributed by atoms with Gasteiger partial charge in [-0.2, -0.15) is 0 Å². The molecule has 0 bridgehead atoms. The van der Waals surface area contributed by atoms with Gasteiger partial charge in [-0.05, 0) is 31.2 Å². The molecule has 0 spiro atoms. The first-order valence-electron chi connectivity index (χ1n) is 9.53. The predicted octanol–water partition coefficient (Wildman–Crippen LogP) is 5.58. The minimum absolute atomic E-state index is 0.278. The highest BCUT2D eigenvalue weighted by Crippen LogP contribution is 2.41. The molecule has 150 valence electrons. The summed E-state index contributed by atoms with van der Waals surface area (Å²) in [5.41, 5.74) is 4.33. The van der Waals surface area contributed by atoms with Crippen molar-refractivity contribution in [3.05, 3.63) is 68.9 Å². The molecule has 0 unspecified atom stereocenters. The molecule has 0 radical (unpaired) electrons. The largest absolute Gasteiger partial charge is 0.361 e. The molecule has 4 aromatic rings. The molecule has 1 N–H and O–H groups in total. The van der Waals surface area contributed by atoms with Crippen LogP contribution in [0.2, 0.25) is 0 Å². The molecule has 1 aliphatic heterocycles. The molecule has 5 nitrogen and oxygen atoms in total. The Kier molecular flexibility index (Phi) is 4.48. The van der Waals surface area contributed by atoms with Crippen molar-refractivity contribution >= 4 is 76.6 Å². The number of H-pyrrole nitrogens is 1. The molecule has 0 fully saturated rings. The maximum Gasteiger partial charge on any atom is 0.261 e. The fraction of sp³-hybridized carbons (Fsp3) is 0.130. The number of fused-ring (bicyclic) bond motifs is 2. The predicted molar refractivity (Wildman–Crippen MR) is 126 cm³/mol. The molecule has 30 heavy (non-hydrogen) atoms. The van der Waals surface area contributed by atoms with E-state index < -0.39 is 0 Å². The Morgan fingerprint density at radius 1 is 0.900 bits per heavy atom. The molecule has 1 aliphatic rings. The van der Waals surface area contributed by atoms with Crippen LogP contribution < -0.4 is 0 Å². The Bertz CT molecular complexity index is 1410. The number of amides is 2. The normalized spacial score (nSPS) is 14.7. The first-order valence-corrected chi connectivity index (χ1v) is 11.1. The van der Waals surface area contributed by atoms with E-state index in [0.29, 0.717) is 11.1 Å². The third-order valence-electron chi connectivity index (χ3n) is 5.65. The fourth-order valence-corrected chi connectivity index (χ4v) is 4.88. The fourth-order valence-electron chi connectivity index (χ4n) is 4.17. The Hall–Kier alpha value is -2.64. The minimum atomic E-state index is -0.284. The second-order valence-electron chi connectivity index (χ2n) is 7.30. The number of hydrogen-bond acceptors (Lipinski definition) is 2. The zero-order valence-electron chi connectivity index (χ0n) is 16.3. The van der Waals surface area contributed by atoms with Crippen molar-refractivity contribution in [3.8, 4) is 0 Å². The van der Waals surface area contributed by atoms with E-state index in [2.05, 4.69) is 48.3 Å². The van der Waals surface area contributed by atoms with Gasteiger partial charge in [-0.3, -0.25) is 14.5 Å². The van der Waals surface area contributed by atoms with Crippen molar-refractivity contribution in [2.75, 3.05) is 7.05 Å². The summed E-state index contributed by atoms with van der Waals surface area (Å²) < 4.78 is 4.01. The highest BCUT2D eigenvalue weighted by molar-refractivity contribution is 9.10. The lowest BCUT2D eigenvalue weighted by Gasteiger charge is -2.06. The number of benzene rings is 2. The number of halogens is 2. The summed E-state index contributed by atoms with van der Waals surface area (Å²) in [6.45, 7) is 2.82. The molecule has 0 atom stereocenters. The summed E-state index contributed by atoms with van der Waals surface area (Å²) in [4.78, 5) is 30.9. The summed E-state index contributed by atoms with van der Waals surface area (Å²) in [6.07, 6.45) is 3.79. The van der Waals surface area contributed by atoms with Crippen molar-refractivity contribution in [3.63, 3.8) is 0 Å². The lowest BCUT2D eigenvalue weighted by Crippen LogP contribution is -2.26. The van der Waals surface area contributed by atoms with Crippen molar-refractivity contribution in [2.45, 2.75) is 13.5 Å². The molecular weight excluding hydrogens is 510 g/mol. The smallest absolute Gasteiger partial charge is 0.261 e. The molecule has 0 aliphatic carbocycles. The van der Waals surface area contributed by atoms with Crippen molar-refractivity contribution in [1.82, 2.24) is 14.5 Å². The van der Waals surface area contributed by atoms with Crippen LogP contribution in [0.4, 0.5) is 0 Å². The number of rotatable bonds is 3. The van der Waals surface area contributed by atoms with E-state index in [1.54, 1.807) is 7.05 Å². The summed E-state index contributed by atoms with van der Waals surface area (Å²) in [6, 6.07) is 11.8. The van der Waals surface area contributed by atoms with Crippen LogP contribution in [-0.4, -0.2) is 33.3 Å². The number of nitrogens with one attached hydrogen (secondary N) is 1. The first-order chi connectivity index (χ1) is 14.4. The molecule has 2 aromatic carbocycles. The maximum atomic E-state index is 13.2. The number of carbonyl (C=O) groups excluding carboxylic acids is 2. The quantitative estimate of drug-likeness (QED) is 0.354. The van der Waals surface area contributed by atoms with Gasteiger partial charge in [0.2, 0.25) is 0 Å². The summed E-state index contributed by atoms with van der Waals surface area (Å²) in [5, 5.41) is 1.86. The number of imide groups is 1. The Labute approximate surface area is 189 Å². The molecule has 5 rings (SSSR count). The number of hydrogen-bond donors (Lipinski definition) is 1. The third-order valence-corrected chi connectivity index (χ3v) is 6.64. The van der Waals surface area contributed by atoms with Crippen LogP contribution in [0.15, 0.2) is 57.7 Å². The van der Waals surface area contributed by atoms with E-state index in [4.69, 9.17) is 0 Å². The number of nitrogens with zero attached hydrogens (tertiary/aromatic N) is 2. The SMILES string of the molecule is CCn1cc(C2=C(c3c[nH]c4cc(Br)ccc34)C(=O)N(C)C2=O)c2ccc(Br)cc21. The summed E-state index contributed by atoms with van der Waals surface area (Å²) >= 11 is 7.01. The van der Waals surface area contributed by atoms with E-state index in [1.807, 2.05) is 48.8 Å². The lowest BCUT2D eigenvalue weighted by atomic mass is 9.95. The third kappa shape index (κ3) is 2.72. The maximum absolute atomic E-state index is 13.2. The Morgan fingerprint density at radius 2 is 1.53 bits per heavy atom. The first kappa shape index (κ1) is 19.3. The van der Waals surface area contributed by atoms with Crippen LogP contribution in [0.3, 0.4) is 0 Å². The van der Waals surface area contributed by atoms with Gasteiger partial charge in [0.05, 0.1) is 11.1 Å². The molecule has 2 amide bonds. The van der Waals surface area contributed by atoms with Crippen LogP contribution in [0.25, 0.3) is 33.0 Å². The lowest BCUT2D eigenvalue weighted by molar-refractivity contribution is -0.134. The van der Waals surface area contributed by atoms with Gasteiger partial charge in [0, 0.05) is 67.9 Å². The van der Waals surface area contributed by atoms with Gasteiger partial charge in [0.25, 0.3) is 11.8 Å². The van der Waals surface area contributed by atoms with Gasteiger partial charge in [0.1, 0.15) is 0 Å².